The summed E-state index contributed by atoms with van der Waals surface area (Å²) in [7, 11) is 1.19. The van der Waals surface area contributed by atoms with Crippen LogP contribution in [-0.4, -0.2) is 12.1 Å². The van der Waals surface area contributed by atoms with Gasteiger partial charge >= 0.3 is 0 Å². The maximum atomic E-state index is 14.6. The van der Waals surface area contributed by atoms with Gasteiger partial charge in [-0.3, -0.25) is 10.3 Å². The minimum absolute atomic E-state index is 0.214. The topological polar surface area (TPSA) is 60.2 Å². The molecular weight excluding hydrogens is 435 g/mol. The van der Waals surface area contributed by atoms with E-state index in [1.54, 1.807) is 30.5 Å². The first-order chi connectivity index (χ1) is 13.4. The van der Waals surface area contributed by atoms with Crippen LogP contribution in [0.4, 0.5) is 13.2 Å². The summed E-state index contributed by atoms with van der Waals surface area (Å²) in [6, 6.07) is 10.2. The number of nitrogens with two attached hydrogens (primary N) is 1. The van der Waals surface area contributed by atoms with Crippen LogP contribution in [0.3, 0.4) is 0 Å². The van der Waals surface area contributed by atoms with Crippen molar-refractivity contribution in [3.05, 3.63) is 93.0 Å². The normalized spacial score (nSPS) is 20.9. The largest absolute Gasteiger partial charge is 0.491 e. The molecule has 0 saturated carbocycles. The summed E-state index contributed by atoms with van der Waals surface area (Å²) < 4.78 is 48.0. The number of pyridine rings is 1. The van der Waals surface area contributed by atoms with E-state index >= 15 is 0 Å². The highest BCUT2D eigenvalue weighted by Gasteiger charge is 2.46. The molecule has 2 atom stereocenters. The molecule has 8 heteroatoms. The summed E-state index contributed by atoms with van der Waals surface area (Å²) in [6.07, 6.45) is 0.903. The third kappa shape index (κ3) is 2.71. The molecule has 0 saturated heterocycles. The molecule has 4 rings (SSSR count). The van der Waals surface area contributed by atoms with Gasteiger partial charge < -0.3 is 10.5 Å². The number of rotatable bonds is 3. The van der Waals surface area contributed by atoms with Crippen LogP contribution in [0.2, 0.25) is 0 Å². The highest BCUT2D eigenvalue weighted by Crippen LogP contribution is 2.46. The summed E-state index contributed by atoms with van der Waals surface area (Å²) >= 11 is 3.18. The lowest BCUT2D eigenvalue weighted by Gasteiger charge is -2.33. The zero-order valence-electron chi connectivity index (χ0n) is 14.6. The van der Waals surface area contributed by atoms with Crippen LogP contribution in [0.1, 0.15) is 28.6 Å². The molecule has 1 aliphatic heterocycles. The number of fused-ring (bicyclic) bond motifs is 1. The summed E-state index contributed by atoms with van der Waals surface area (Å²) in [6.45, 7) is 0. The van der Waals surface area contributed by atoms with Crippen molar-refractivity contribution in [2.75, 3.05) is 7.11 Å². The van der Waals surface area contributed by atoms with Crippen LogP contribution in [0.5, 0.6) is 5.75 Å². The number of hydrogen-bond donors (Lipinski definition) is 2. The lowest BCUT2D eigenvalue weighted by molar-refractivity contribution is 0.356. The fourth-order valence-corrected chi connectivity index (χ4v) is 4.09. The number of ether oxygens (including phenoxy) is 1. The second-order valence-electron chi connectivity index (χ2n) is 6.41. The van der Waals surface area contributed by atoms with Crippen molar-refractivity contribution in [2.45, 2.75) is 11.7 Å². The van der Waals surface area contributed by atoms with E-state index in [0.29, 0.717) is 16.8 Å². The van der Waals surface area contributed by atoms with E-state index in [9.17, 15) is 13.2 Å². The van der Waals surface area contributed by atoms with Gasteiger partial charge in [0.05, 0.1) is 22.8 Å². The van der Waals surface area contributed by atoms with Gasteiger partial charge in [0.2, 0.25) is 0 Å². The van der Waals surface area contributed by atoms with Crippen molar-refractivity contribution >= 4 is 15.9 Å². The molecular formula is C20H15BrF3N3O. The maximum absolute atomic E-state index is 14.6. The first kappa shape index (κ1) is 18.9. The van der Waals surface area contributed by atoms with Gasteiger partial charge in [-0.15, -0.1) is 0 Å². The SMILES string of the molecule is COc1c(F)cc(C2(c3ccc(F)c(Br)c3)NC(N)c3ncccc32)cc1F. The van der Waals surface area contributed by atoms with Gasteiger partial charge in [-0.1, -0.05) is 12.1 Å². The van der Waals surface area contributed by atoms with Gasteiger partial charge in [-0.25, -0.2) is 13.2 Å². The third-order valence-corrected chi connectivity index (χ3v) is 5.50. The Morgan fingerprint density at radius 3 is 2.43 bits per heavy atom. The minimum Gasteiger partial charge on any atom is -0.491 e. The van der Waals surface area contributed by atoms with Crippen LogP contribution in [0, 0.1) is 17.5 Å². The summed E-state index contributed by atoms with van der Waals surface area (Å²) in [4.78, 5) is 4.32. The summed E-state index contributed by atoms with van der Waals surface area (Å²) in [5.74, 6) is -2.65. The van der Waals surface area contributed by atoms with E-state index in [0.717, 1.165) is 0 Å². The van der Waals surface area contributed by atoms with E-state index in [-0.39, 0.29) is 10.0 Å². The van der Waals surface area contributed by atoms with E-state index in [1.807, 2.05) is 0 Å². The fourth-order valence-electron chi connectivity index (χ4n) is 3.71. The van der Waals surface area contributed by atoms with Gasteiger partial charge in [-0.05, 0) is 57.4 Å². The Bertz CT molecular complexity index is 1060. The molecule has 1 aromatic heterocycles. The Hall–Kier alpha value is -2.42. The molecule has 0 bridgehead atoms. The summed E-state index contributed by atoms with van der Waals surface area (Å²) in [5, 5.41) is 3.20. The van der Waals surface area contributed by atoms with Crippen molar-refractivity contribution in [3.63, 3.8) is 0 Å². The molecule has 28 heavy (non-hydrogen) atoms. The van der Waals surface area contributed by atoms with Gasteiger partial charge in [0.1, 0.15) is 12.0 Å². The standard InChI is InChI=1S/C20H15BrF3N3O/c1-28-18-15(23)8-11(9-16(18)24)20(10-4-5-14(22)13(21)7-10)12-3-2-6-26-17(12)19(25)27-20/h2-9,19,27H,25H2,1H3. The molecule has 1 aliphatic rings. The number of aromatic nitrogens is 1. The van der Waals surface area contributed by atoms with Crippen LogP contribution < -0.4 is 15.8 Å². The predicted octanol–water partition coefficient (Wildman–Crippen LogP) is 4.12. The first-order valence-electron chi connectivity index (χ1n) is 8.36. The van der Waals surface area contributed by atoms with Gasteiger partial charge in [0.15, 0.2) is 17.4 Å². The number of nitrogens with zero attached hydrogens (tertiary/aromatic N) is 1. The quantitative estimate of drug-likeness (QED) is 0.631. The van der Waals surface area contributed by atoms with Crippen molar-refractivity contribution in [2.24, 2.45) is 5.73 Å². The summed E-state index contributed by atoms with van der Waals surface area (Å²) in [5.41, 5.74) is 6.97. The fraction of sp³-hybridized carbons (Fsp3) is 0.150. The van der Waals surface area contributed by atoms with Gasteiger partial charge in [-0.2, -0.15) is 0 Å². The highest BCUT2D eigenvalue weighted by atomic mass is 79.9. The molecule has 2 aromatic carbocycles. The molecule has 0 spiro atoms. The minimum atomic E-state index is -1.23. The second-order valence-corrected chi connectivity index (χ2v) is 7.26. The molecule has 3 N–H and O–H groups in total. The number of methoxy groups -OCH3 is 1. The van der Waals surface area contributed by atoms with Crippen molar-refractivity contribution < 1.29 is 17.9 Å². The molecule has 0 radical (unpaired) electrons. The Morgan fingerprint density at radius 1 is 1.07 bits per heavy atom. The van der Waals surface area contributed by atoms with Crippen molar-refractivity contribution in [1.29, 1.82) is 0 Å². The van der Waals surface area contributed by atoms with Gasteiger partial charge in [0, 0.05) is 11.8 Å². The molecule has 144 valence electrons. The Balaban J connectivity index is 2.06. The zero-order valence-corrected chi connectivity index (χ0v) is 16.2. The Kier molecular flexibility index (Phi) is 4.65. The molecule has 0 fully saturated rings. The second kappa shape index (κ2) is 6.88. The van der Waals surface area contributed by atoms with Crippen LogP contribution in [-0.2, 0) is 5.54 Å². The van der Waals surface area contributed by atoms with Crippen molar-refractivity contribution in [1.82, 2.24) is 10.3 Å². The van der Waals surface area contributed by atoms with E-state index in [4.69, 9.17) is 10.5 Å². The van der Waals surface area contributed by atoms with E-state index < -0.39 is 34.9 Å². The van der Waals surface area contributed by atoms with Crippen LogP contribution in [0.25, 0.3) is 0 Å². The highest BCUT2D eigenvalue weighted by molar-refractivity contribution is 9.10. The van der Waals surface area contributed by atoms with Crippen LogP contribution in [0.15, 0.2) is 53.1 Å². The third-order valence-electron chi connectivity index (χ3n) is 4.90. The molecule has 0 aliphatic carbocycles. The Morgan fingerprint density at radius 2 is 1.79 bits per heavy atom. The monoisotopic (exact) mass is 449 g/mol. The molecule has 4 nitrogen and oxygen atoms in total. The molecule has 3 aromatic rings. The lowest BCUT2D eigenvalue weighted by atomic mass is 9.78. The van der Waals surface area contributed by atoms with Gasteiger partial charge in [0.25, 0.3) is 0 Å². The Labute approximate surface area is 167 Å². The van der Waals surface area contributed by atoms with E-state index in [2.05, 4.69) is 26.2 Å². The average Bonchev–Trinajstić information content (AvgIpc) is 2.98. The average molecular weight is 450 g/mol. The molecule has 0 amide bonds. The zero-order chi connectivity index (χ0) is 20.1. The molecule has 2 heterocycles. The first-order valence-corrected chi connectivity index (χ1v) is 9.15. The number of nitrogens with one attached hydrogen (secondary N) is 1. The predicted molar refractivity (Wildman–Crippen MR) is 101 cm³/mol. The smallest absolute Gasteiger partial charge is 0.190 e. The van der Waals surface area contributed by atoms with E-state index in [1.165, 1.54) is 25.3 Å². The van der Waals surface area contributed by atoms with Crippen molar-refractivity contribution in [3.8, 4) is 5.75 Å². The maximum Gasteiger partial charge on any atom is 0.190 e. The molecule has 2 unspecified atom stereocenters. The number of halogens is 4. The number of hydrogen-bond acceptors (Lipinski definition) is 4. The van der Waals surface area contributed by atoms with Crippen LogP contribution >= 0.6 is 15.9 Å². The lowest BCUT2D eigenvalue weighted by Crippen LogP contribution is -2.42. The number of benzene rings is 2.